The van der Waals surface area contributed by atoms with Crippen LogP contribution in [0.4, 0.5) is 5.69 Å². The van der Waals surface area contributed by atoms with Crippen LogP contribution in [0.3, 0.4) is 0 Å². The van der Waals surface area contributed by atoms with Crippen molar-refractivity contribution in [3.63, 3.8) is 0 Å². The molecule has 80 valence electrons. The van der Waals surface area contributed by atoms with Crippen molar-refractivity contribution >= 4 is 11.8 Å². The summed E-state index contributed by atoms with van der Waals surface area (Å²) in [7, 11) is 0. The Morgan fingerprint density at radius 3 is 3.00 bits per heavy atom. The molecular weight excluding hydrogens is 208 g/mol. The fraction of sp³-hybridized carbons (Fsp3) is 0.0667. The van der Waals surface area contributed by atoms with Crippen molar-refractivity contribution in [1.29, 1.82) is 0 Å². The second kappa shape index (κ2) is 3.14. The second-order valence-electron chi connectivity index (χ2n) is 4.31. The predicted molar refractivity (Wildman–Crippen MR) is 66.1 cm³/mol. The lowest BCUT2D eigenvalue weighted by molar-refractivity contribution is 1.10. The van der Waals surface area contributed by atoms with E-state index in [2.05, 4.69) is 41.4 Å². The smallest absolute Gasteiger partial charge is 0.0788 e. The van der Waals surface area contributed by atoms with Crippen LogP contribution in [-0.4, -0.2) is 4.98 Å². The van der Waals surface area contributed by atoms with Gasteiger partial charge in [-0.2, -0.15) is 0 Å². The first kappa shape index (κ1) is 8.88. The summed E-state index contributed by atoms with van der Waals surface area (Å²) in [4.78, 5) is 9.26. The molecule has 17 heavy (non-hydrogen) atoms. The van der Waals surface area contributed by atoms with Crippen LogP contribution in [0.5, 0.6) is 0 Å². The summed E-state index contributed by atoms with van der Waals surface area (Å²) in [6, 6.07) is 8.25. The zero-order chi connectivity index (χ0) is 11.2. The van der Waals surface area contributed by atoms with Gasteiger partial charge in [0.05, 0.1) is 16.4 Å². The zero-order valence-corrected chi connectivity index (χ0v) is 9.22. The average Bonchev–Trinajstić information content (AvgIpc) is 2.78. The molecule has 2 nitrogen and oxygen atoms in total. The quantitative estimate of drug-likeness (QED) is 0.561. The summed E-state index contributed by atoms with van der Waals surface area (Å²) in [5, 5.41) is 4.49. The van der Waals surface area contributed by atoms with Gasteiger partial charge in [0.1, 0.15) is 0 Å². The number of hydrogen-bond donors (Lipinski definition) is 0. The molecule has 0 bridgehead atoms. The lowest BCUT2D eigenvalue weighted by Gasteiger charge is -2.05. The monoisotopic (exact) mass is 218 g/mol. The second-order valence-corrected chi connectivity index (χ2v) is 4.31. The van der Waals surface area contributed by atoms with Gasteiger partial charge in [0, 0.05) is 22.2 Å². The van der Waals surface area contributed by atoms with Gasteiger partial charge in [-0.3, -0.25) is 4.98 Å². The number of benzene rings is 1. The van der Waals surface area contributed by atoms with Crippen LogP contribution >= 0.6 is 0 Å². The standard InChI is InChI=1S/C15H10N2/c1-4-8-14-10(5-1)12-9-16-13-7-3-2-6-11(13)15(12)17-14/h1-5,7-9H,6H2. The number of allylic oxidation sites excluding steroid dienone is 2. The lowest BCUT2D eigenvalue weighted by atomic mass is 10.1. The molecule has 1 aromatic heterocycles. The van der Waals surface area contributed by atoms with Gasteiger partial charge in [-0.1, -0.05) is 30.4 Å². The number of fused-ring (bicyclic) bond motifs is 4. The van der Waals surface area contributed by atoms with Crippen molar-refractivity contribution < 1.29 is 0 Å². The summed E-state index contributed by atoms with van der Waals surface area (Å²) in [5.74, 6) is 0. The fourth-order valence-electron chi connectivity index (χ4n) is 2.49. The van der Waals surface area contributed by atoms with Crippen molar-refractivity contribution in [3.8, 4) is 0 Å². The number of hydrogen-bond acceptors (Lipinski definition) is 2. The summed E-state index contributed by atoms with van der Waals surface area (Å²) in [6.07, 6.45) is 9.14. The number of pyridine rings is 1. The Balaban J connectivity index is 2.27. The van der Waals surface area contributed by atoms with Gasteiger partial charge in [-0.15, -0.1) is 0 Å². The Morgan fingerprint density at radius 2 is 2.00 bits per heavy atom. The van der Waals surface area contributed by atoms with Crippen molar-refractivity contribution in [2.45, 2.75) is 6.42 Å². The summed E-state index contributed by atoms with van der Waals surface area (Å²) in [5.41, 5.74) is 2.36. The van der Waals surface area contributed by atoms with Gasteiger partial charge < -0.3 is 0 Å². The Morgan fingerprint density at radius 1 is 1.06 bits per heavy atom. The minimum Gasteiger partial charge on any atom is -0.256 e. The molecule has 1 aromatic carbocycles. The van der Waals surface area contributed by atoms with Gasteiger partial charge in [-0.05, 0) is 18.6 Å². The van der Waals surface area contributed by atoms with Crippen LogP contribution in [0.25, 0.3) is 6.08 Å². The first-order valence-electron chi connectivity index (χ1n) is 5.76. The maximum absolute atomic E-state index is 4.73. The van der Waals surface area contributed by atoms with Gasteiger partial charge in [0.2, 0.25) is 0 Å². The SMILES string of the molecule is C1=CCc2c3c(cnc2=C1)=c1ccccc1=N3. The number of rotatable bonds is 0. The molecule has 0 amide bonds. The molecule has 0 saturated heterocycles. The molecule has 2 aromatic rings. The lowest BCUT2D eigenvalue weighted by Crippen LogP contribution is -2.15. The molecule has 2 heteroatoms. The minimum atomic E-state index is 0.930. The highest BCUT2D eigenvalue weighted by atomic mass is 14.8. The molecule has 0 spiro atoms. The van der Waals surface area contributed by atoms with E-state index in [1.54, 1.807) is 0 Å². The summed E-state index contributed by atoms with van der Waals surface area (Å²) >= 11 is 0. The van der Waals surface area contributed by atoms with E-state index >= 15 is 0 Å². The van der Waals surface area contributed by atoms with Gasteiger partial charge in [0.25, 0.3) is 0 Å². The van der Waals surface area contributed by atoms with Gasteiger partial charge >= 0.3 is 0 Å². The Kier molecular flexibility index (Phi) is 1.64. The number of nitrogens with zero attached hydrogens (tertiary/aromatic N) is 2. The van der Waals surface area contributed by atoms with E-state index in [-0.39, 0.29) is 0 Å². The largest absolute Gasteiger partial charge is 0.256 e. The molecule has 4 rings (SSSR count). The van der Waals surface area contributed by atoms with Gasteiger partial charge in [0.15, 0.2) is 0 Å². The van der Waals surface area contributed by atoms with Crippen LogP contribution in [0, 0.1) is 10.4 Å². The van der Waals surface area contributed by atoms with Crippen molar-refractivity contribution in [1.82, 2.24) is 4.98 Å². The molecular formula is C15H10N2. The van der Waals surface area contributed by atoms with Gasteiger partial charge in [-0.25, -0.2) is 4.99 Å². The molecule has 1 aliphatic heterocycles. The normalized spacial score (nSPS) is 14.4. The van der Waals surface area contributed by atoms with E-state index in [1.807, 2.05) is 12.3 Å². The number of para-hydroxylation sites is 1. The molecule has 0 radical (unpaired) electrons. The summed E-state index contributed by atoms with van der Waals surface area (Å²) < 4.78 is 0. The molecule has 1 aliphatic carbocycles. The highest BCUT2D eigenvalue weighted by molar-refractivity contribution is 5.55. The van der Waals surface area contributed by atoms with E-state index in [0.717, 1.165) is 22.8 Å². The molecule has 0 saturated carbocycles. The maximum Gasteiger partial charge on any atom is 0.0788 e. The highest BCUT2D eigenvalue weighted by Crippen LogP contribution is 2.21. The first-order valence-corrected chi connectivity index (χ1v) is 5.76. The van der Waals surface area contributed by atoms with Crippen molar-refractivity contribution in [3.05, 3.63) is 69.3 Å². The van der Waals surface area contributed by atoms with E-state index in [9.17, 15) is 0 Å². The third-order valence-electron chi connectivity index (χ3n) is 3.32. The van der Waals surface area contributed by atoms with Crippen LogP contribution in [-0.2, 0) is 6.42 Å². The Labute approximate surface area is 98.0 Å². The van der Waals surface area contributed by atoms with Crippen LogP contribution < -0.4 is 10.7 Å². The Hall–Kier alpha value is -2.22. The van der Waals surface area contributed by atoms with E-state index in [0.29, 0.717) is 0 Å². The van der Waals surface area contributed by atoms with Crippen LogP contribution in [0.1, 0.15) is 5.56 Å². The van der Waals surface area contributed by atoms with E-state index in [4.69, 9.17) is 4.99 Å². The number of aromatic nitrogens is 1. The topological polar surface area (TPSA) is 25.2 Å². The molecule has 0 fully saturated rings. The highest BCUT2D eigenvalue weighted by Gasteiger charge is 2.11. The van der Waals surface area contributed by atoms with Crippen molar-refractivity contribution in [2.24, 2.45) is 4.99 Å². The summed E-state index contributed by atoms with van der Waals surface area (Å²) in [6.45, 7) is 0. The van der Waals surface area contributed by atoms with Crippen molar-refractivity contribution in [2.75, 3.05) is 0 Å². The maximum atomic E-state index is 4.73. The third kappa shape index (κ3) is 1.15. The van der Waals surface area contributed by atoms with Crippen LogP contribution in [0.15, 0.2) is 47.6 Å². The zero-order valence-electron chi connectivity index (χ0n) is 9.22. The van der Waals surface area contributed by atoms with Crippen LogP contribution in [0.2, 0.25) is 0 Å². The Bertz CT molecular complexity index is 861. The molecule has 0 N–H and O–H groups in total. The molecule has 0 unspecified atom stereocenters. The third-order valence-corrected chi connectivity index (χ3v) is 3.32. The predicted octanol–water partition coefficient (Wildman–Crippen LogP) is 1.53. The first-order chi connectivity index (χ1) is 8.43. The molecule has 2 aliphatic rings. The average molecular weight is 218 g/mol. The fourth-order valence-corrected chi connectivity index (χ4v) is 2.49. The minimum absolute atomic E-state index is 0.930. The van der Waals surface area contributed by atoms with E-state index in [1.165, 1.54) is 16.0 Å². The molecule has 2 heterocycles. The van der Waals surface area contributed by atoms with E-state index < -0.39 is 0 Å². The molecule has 0 atom stereocenters.